The SMILES string of the molecule is Cc1cccc(N(C)O)c1. The molecular weight excluding hydrogens is 126 g/mol. The highest BCUT2D eigenvalue weighted by Gasteiger charge is 1.93. The number of hydrogen-bond donors (Lipinski definition) is 1. The third-order valence-electron chi connectivity index (χ3n) is 1.38. The van der Waals surface area contributed by atoms with E-state index in [1.165, 1.54) is 0 Å². The van der Waals surface area contributed by atoms with E-state index in [1.807, 2.05) is 31.2 Å². The molecule has 1 N–H and O–H groups in total. The lowest BCUT2D eigenvalue weighted by atomic mass is 10.2. The predicted molar refractivity (Wildman–Crippen MR) is 41.4 cm³/mol. The van der Waals surface area contributed by atoms with Gasteiger partial charge in [-0.25, -0.2) is 0 Å². The highest BCUT2D eigenvalue weighted by molar-refractivity contribution is 5.44. The first-order valence-electron chi connectivity index (χ1n) is 3.19. The van der Waals surface area contributed by atoms with E-state index in [-0.39, 0.29) is 0 Å². The van der Waals surface area contributed by atoms with Crippen molar-refractivity contribution in [2.24, 2.45) is 0 Å². The van der Waals surface area contributed by atoms with E-state index in [1.54, 1.807) is 7.05 Å². The van der Waals surface area contributed by atoms with Crippen molar-refractivity contribution in [3.63, 3.8) is 0 Å². The van der Waals surface area contributed by atoms with E-state index in [0.717, 1.165) is 16.3 Å². The summed E-state index contributed by atoms with van der Waals surface area (Å²) in [6, 6.07) is 7.68. The maximum absolute atomic E-state index is 8.98. The number of nitrogens with zero attached hydrogens (tertiary/aromatic N) is 1. The van der Waals surface area contributed by atoms with E-state index in [4.69, 9.17) is 5.21 Å². The average Bonchev–Trinajstić information content (AvgIpc) is 1.88. The Kier molecular flexibility index (Phi) is 1.92. The molecule has 54 valence electrons. The summed E-state index contributed by atoms with van der Waals surface area (Å²) in [4.78, 5) is 0. The lowest BCUT2D eigenvalue weighted by Gasteiger charge is -2.09. The molecule has 0 aliphatic rings. The monoisotopic (exact) mass is 137 g/mol. The number of aryl methyl sites for hydroxylation is 1. The molecule has 0 unspecified atom stereocenters. The van der Waals surface area contributed by atoms with Crippen molar-refractivity contribution in [3.05, 3.63) is 29.8 Å². The highest BCUT2D eigenvalue weighted by atomic mass is 16.5. The van der Waals surface area contributed by atoms with Gasteiger partial charge in [0.2, 0.25) is 0 Å². The van der Waals surface area contributed by atoms with Gasteiger partial charge < -0.3 is 0 Å². The number of rotatable bonds is 1. The zero-order valence-corrected chi connectivity index (χ0v) is 6.20. The Bertz CT molecular complexity index is 220. The average molecular weight is 137 g/mol. The van der Waals surface area contributed by atoms with E-state index < -0.39 is 0 Å². The smallest absolute Gasteiger partial charge is 0.0633 e. The molecule has 0 saturated heterocycles. The van der Waals surface area contributed by atoms with Gasteiger partial charge in [0.15, 0.2) is 0 Å². The fourth-order valence-electron chi connectivity index (χ4n) is 0.829. The van der Waals surface area contributed by atoms with Crippen LogP contribution in [0.4, 0.5) is 5.69 Å². The number of anilines is 1. The molecule has 0 aromatic heterocycles. The van der Waals surface area contributed by atoms with E-state index >= 15 is 0 Å². The lowest BCUT2D eigenvalue weighted by molar-refractivity contribution is 0.279. The van der Waals surface area contributed by atoms with Crippen molar-refractivity contribution < 1.29 is 5.21 Å². The second-order valence-corrected chi connectivity index (χ2v) is 2.36. The van der Waals surface area contributed by atoms with Crippen molar-refractivity contribution in [2.45, 2.75) is 6.92 Å². The molecule has 0 spiro atoms. The summed E-state index contributed by atoms with van der Waals surface area (Å²) in [5, 5.41) is 10.1. The Labute approximate surface area is 60.7 Å². The quantitative estimate of drug-likeness (QED) is 0.597. The van der Waals surface area contributed by atoms with Gasteiger partial charge in [-0.1, -0.05) is 12.1 Å². The van der Waals surface area contributed by atoms with Crippen molar-refractivity contribution in [1.29, 1.82) is 0 Å². The predicted octanol–water partition coefficient (Wildman–Crippen LogP) is 1.82. The topological polar surface area (TPSA) is 23.5 Å². The van der Waals surface area contributed by atoms with Crippen LogP contribution in [0.5, 0.6) is 0 Å². The molecule has 0 amide bonds. The van der Waals surface area contributed by atoms with Gasteiger partial charge in [-0.05, 0) is 24.6 Å². The molecule has 0 heterocycles. The third-order valence-corrected chi connectivity index (χ3v) is 1.38. The van der Waals surface area contributed by atoms with Crippen LogP contribution in [0, 0.1) is 6.92 Å². The highest BCUT2D eigenvalue weighted by Crippen LogP contribution is 2.11. The molecule has 1 aromatic carbocycles. The van der Waals surface area contributed by atoms with E-state index in [9.17, 15) is 0 Å². The zero-order chi connectivity index (χ0) is 7.56. The maximum atomic E-state index is 8.98. The Hall–Kier alpha value is -1.02. The van der Waals surface area contributed by atoms with E-state index in [2.05, 4.69) is 0 Å². The maximum Gasteiger partial charge on any atom is 0.0633 e. The standard InChI is InChI=1S/C8H11NO/c1-7-4-3-5-8(6-7)9(2)10/h3-6,10H,1-2H3. The molecule has 2 nitrogen and oxygen atoms in total. The van der Waals surface area contributed by atoms with Gasteiger partial charge in [0, 0.05) is 7.05 Å². The van der Waals surface area contributed by atoms with Crippen LogP contribution in [0.15, 0.2) is 24.3 Å². The summed E-state index contributed by atoms with van der Waals surface area (Å²) in [6.07, 6.45) is 0. The molecule has 0 aliphatic carbocycles. The first kappa shape index (κ1) is 7.09. The molecule has 2 heteroatoms. The van der Waals surface area contributed by atoms with Crippen LogP contribution in [-0.4, -0.2) is 12.3 Å². The van der Waals surface area contributed by atoms with Crippen LogP contribution in [0.2, 0.25) is 0 Å². The first-order chi connectivity index (χ1) is 4.70. The molecule has 1 rings (SSSR count). The zero-order valence-electron chi connectivity index (χ0n) is 6.20. The lowest BCUT2D eigenvalue weighted by Crippen LogP contribution is -2.09. The summed E-state index contributed by atoms with van der Waals surface area (Å²) >= 11 is 0. The Morgan fingerprint density at radius 1 is 1.40 bits per heavy atom. The Morgan fingerprint density at radius 2 is 2.10 bits per heavy atom. The molecule has 10 heavy (non-hydrogen) atoms. The normalized spacial score (nSPS) is 9.50. The molecule has 0 saturated carbocycles. The number of benzene rings is 1. The van der Waals surface area contributed by atoms with Crippen molar-refractivity contribution in [1.82, 2.24) is 0 Å². The van der Waals surface area contributed by atoms with Crippen molar-refractivity contribution in [3.8, 4) is 0 Å². The summed E-state index contributed by atoms with van der Waals surface area (Å²) < 4.78 is 0. The summed E-state index contributed by atoms with van der Waals surface area (Å²) in [6.45, 7) is 1.99. The summed E-state index contributed by atoms with van der Waals surface area (Å²) in [5.41, 5.74) is 1.97. The minimum absolute atomic E-state index is 0.819. The van der Waals surface area contributed by atoms with Crippen LogP contribution >= 0.6 is 0 Å². The molecule has 0 radical (unpaired) electrons. The van der Waals surface area contributed by atoms with Gasteiger partial charge in [0.25, 0.3) is 0 Å². The molecule has 0 atom stereocenters. The van der Waals surface area contributed by atoms with Crippen molar-refractivity contribution in [2.75, 3.05) is 12.1 Å². The van der Waals surface area contributed by atoms with Crippen LogP contribution in [0.1, 0.15) is 5.56 Å². The van der Waals surface area contributed by atoms with Gasteiger partial charge in [-0.15, -0.1) is 0 Å². The molecule has 0 bridgehead atoms. The number of hydroxylamine groups is 1. The van der Waals surface area contributed by atoms with Gasteiger partial charge in [0.1, 0.15) is 0 Å². The second kappa shape index (κ2) is 2.71. The van der Waals surface area contributed by atoms with Crippen molar-refractivity contribution >= 4 is 5.69 Å². The van der Waals surface area contributed by atoms with Gasteiger partial charge in [-0.3, -0.25) is 10.3 Å². The Balaban J connectivity index is 2.96. The number of hydrogen-bond acceptors (Lipinski definition) is 2. The van der Waals surface area contributed by atoms with Gasteiger partial charge >= 0.3 is 0 Å². The fourth-order valence-corrected chi connectivity index (χ4v) is 0.829. The summed E-state index contributed by atoms with van der Waals surface area (Å²) in [5.74, 6) is 0. The van der Waals surface area contributed by atoms with Crippen LogP contribution in [0.3, 0.4) is 0 Å². The molecule has 0 fully saturated rings. The minimum Gasteiger partial charge on any atom is -0.289 e. The van der Waals surface area contributed by atoms with Crippen LogP contribution < -0.4 is 5.06 Å². The molecular formula is C8H11NO. The van der Waals surface area contributed by atoms with Crippen LogP contribution in [0.25, 0.3) is 0 Å². The third kappa shape index (κ3) is 1.48. The van der Waals surface area contributed by atoms with Gasteiger partial charge in [-0.2, -0.15) is 0 Å². The van der Waals surface area contributed by atoms with E-state index in [0.29, 0.717) is 0 Å². The first-order valence-corrected chi connectivity index (χ1v) is 3.19. The van der Waals surface area contributed by atoms with Gasteiger partial charge in [0.05, 0.1) is 5.69 Å². The molecule has 1 aromatic rings. The Morgan fingerprint density at radius 3 is 2.50 bits per heavy atom. The second-order valence-electron chi connectivity index (χ2n) is 2.36. The largest absolute Gasteiger partial charge is 0.289 e. The van der Waals surface area contributed by atoms with Crippen LogP contribution in [-0.2, 0) is 0 Å². The summed E-state index contributed by atoms with van der Waals surface area (Å²) in [7, 11) is 1.61. The minimum atomic E-state index is 0.819. The molecule has 0 aliphatic heterocycles. The fraction of sp³-hybridized carbons (Fsp3) is 0.250.